The molecule has 1 aromatic carbocycles. The summed E-state index contributed by atoms with van der Waals surface area (Å²) in [7, 11) is 0. The van der Waals surface area contributed by atoms with Crippen molar-refractivity contribution in [3.63, 3.8) is 0 Å². The van der Waals surface area contributed by atoms with Gasteiger partial charge in [0.25, 0.3) is 0 Å². The van der Waals surface area contributed by atoms with E-state index in [0.717, 1.165) is 14.4 Å². The fourth-order valence-electron chi connectivity index (χ4n) is 1.34. The molecule has 2 rings (SSSR count). The fourth-order valence-corrected chi connectivity index (χ4v) is 2.64. The maximum absolute atomic E-state index is 11.2. The molecule has 2 nitrogen and oxygen atoms in total. The summed E-state index contributed by atoms with van der Waals surface area (Å²) < 4.78 is 1.08. The number of carbonyl (C=O) groups is 1. The Kier molecular flexibility index (Phi) is 3.86. The van der Waals surface area contributed by atoms with Crippen molar-refractivity contribution in [1.82, 2.24) is 0 Å². The topological polar surface area (TPSA) is 29.4 Å². The van der Waals surface area contributed by atoms with Gasteiger partial charge < -0.3 is 0 Å². The minimum absolute atomic E-state index is 0.0564. The summed E-state index contributed by atoms with van der Waals surface area (Å²) >= 11 is 5.02. The first-order valence-corrected chi connectivity index (χ1v) is 6.66. The van der Waals surface area contributed by atoms with Crippen LogP contribution in [0.1, 0.15) is 22.2 Å². The average molecular weight is 308 g/mol. The van der Waals surface area contributed by atoms with Gasteiger partial charge in [-0.05, 0) is 47.1 Å². The van der Waals surface area contributed by atoms with Crippen molar-refractivity contribution in [3.05, 3.63) is 50.6 Å². The number of nitrogens with zero attached hydrogens (tertiary/aromatic N) is 1. The van der Waals surface area contributed by atoms with E-state index < -0.39 is 0 Å². The molecular weight excluding hydrogens is 298 g/mol. The quantitative estimate of drug-likeness (QED) is 0.608. The Labute approximate surface area is 112 Å². The normalized spacial score (nSPS) is 10.9. The molecule has 86 valence electrons. The van der Waals surface area contributed by atoms with Crippen molar-refractivity contribution in [1.29, 1.82) is 0 Å². The van der Waals surface area contributed by atoms with Gasteiger partial charge in [-0.3, -0.25) is 9.79 Å². The summed E-state index contributed by atoms with van der Waals surface area (Å²) in [6.45, 7) is 1.55. The Morgan fingerprint density at radius 2 is 2.18 bits per heavy atom. The first-order valence-electron chi connectivity index (χ1n) is 5.05. The third kappa shape index (κ3) is 3.35. The number of rotatable bonds is 3. The highest BCUT2D eigenvalue weighted by Crippen LogP contribution is 2.21. The Hall–Kier alpha value is -1.26. The van der Waals surface area contributed by atoms with Crippen LogP contribution < -0.4 is 0 Å². The standard InChI is InChI=1S/C13H10BrNOS/c1-9(16)10-3-2-4-11(7-10)15-8-12-5-6-13(14)17-12/h2-8H,1H3. The molecule has 0 aliphatic rings. The van der Waals surface area contributed by atoms with Crippen molar-refractivity contribution >= 4 is 45.0 Å². The van der Waals surface area contributed by atoms with Crippen LogP contribution >= 0.6 is 27.3 Å². The van der Waals surface area contributed by atoms with Crippen LogP contribution in [0.15, 0.2) is 45.2 Å². The Morgan fingerprint density at radius 1 is 1.35 bits per heavy atom. The summed E-state index contributed by atoms with van der Waals surface area (Å²) in [5.41, 5.74) is 1.48. The van der Waals surface area contributed by atoms with Crippen LogP contribution in [0, 0.1) is 0 Å². The summed E-state index contributed by atoms with van der Waals surface area (Å²) in [4.78, 5) is 16.6. The van der Waals surface area contributed by atoms with E-state index in [1.165, 1.54) is 0 Å². The van der Waals surface area contributed by atoms with E-state index in [2.05, 4.69) is 20.9 Å². The number of halogens is 1. The van der Waals surface area contributed by atoms with E-state index in [0.29, 0.717) is 5.56 Å². The molecule has 0 fully saturated rings. The second-order valence-electron chi connectivity index (χ2n) is 3.51. The van der Waals surface area contributed by atoms with Gasteiger partial charge in [-0.15, -0.1) is 11.3 Å². The van der Waals surface area contributed by atoms with Crippen molar-refractivity contribution < 1.29 is 4.79 Å². The number of thiophene rings is 1. The minimum Gasteiger partial charge on any atom is -0.295 e. The Bertz CT molecular complexity index is 574. The van der Waals surface area contributed by atoms with Crippen LogP contribution in [0.2, 0.25) is 0 Å². The molecule has 0 amide bonds. The van der Waals surface area contributed by atoms with Gasteiger partial charge in [-0.25, -0.2) is 0 Å². The molecule has 0 spiro atoms. The minimum atomic E-state index is 0.0564. The van der Waals surface area contributed by atoms with E-state index in [4.69, 9.17) is 0 Å². The van der Waals surface area contributed by atoms with Gasteiger partial charge in [0.1, 0.15) is 0 Å². The van der Waals surface area contributed by atoms with Crippen molar-refractivity contribution in [2.75, 3.05) is 0 Å². The highest BCUT2D eigenvalue weighted by atomic mass is 79.9. The first-order chi connectivity index (χ1) is 8.15. The van der Waals surface area contributed by atoms with E-state index in [-0.39, 0.29) is 5.78 Å². The number of hydrogen-bond donors (Lipinski definition) is 0. The molecule has 0 aliphatic heterocycles. The number of aliphatic imine (C=N–C) groups is 1. The summed E-state index contributed by atoms with van der Waals surface area (Å²) in [5.74, 6) is 0.0564. The van der Waals surface area contributed by atoms with E-state index >= 15 is 0 Å². The molecule has 0 saturated heterocycles. The molecule has 0 radical (unpaired) electrons. The lowest BCUT2D eigenvalue weighted by Gasteiger charge is -1.96. The second-order valence-corrected chi connectivity index (χ2v) is 6.00. The molecule has 17 heavy (non-hydrogen) atoms. The number of hydrogen-bond acceptors (Lipinski definition) is 3. The Morgan fingerprint density at radius 3 is 2.82 bits per heavy atom. The molecule has 4 heteroatoms. The van der Waals surface area contributed by atoms with Crippen LogP contribution in [-0.4, -0.2) is 12.0 Å². The fraction of sp³-hybridized carbons (Fsp3) is 0.0769. The van der Waals surface area contributed by atoms with Crippen LogP contribution in [0.5, 0.6) is 0 Å². The average Bonchev–Trinajstić information content (AvgIpc) is 2.73. The molecule has 0 aliphatic carbocycles. The van der Waals surface area contributed by atoms with Crippen molar-refractivity contribution in [3.8, 4) is 0 Å². The van der Waals surface area contributed by atoms with Gasteiger partial charge in [0.05, 0.1) is 9.47 Å². The maximum Gasteiger partial charge on any atom is 0.159 e. The van der Waals surface area contributed by atoms with Gasteiger partial charge in [0.2, 0.25) is 0 Å². The van der Waals surface area contributed by atoms with E-state index in [1.54, 1.807) is 36.6 Å². The summed E-state index contributed by atoms with van der Waals surface area (Å²) in [6, 6.07) is 11.3. The SMILES string of the molecule is CC(=O)c1cccc(N=Cc2ccc(Br)s2)c1. The molecule has 1 aromatic heterocycles. The lowest BCUT2D eigenvalue weighted by atomic mass is 10.1. The van der Waals surface area contributed by atoms with Crippen LogP contribution in [0.3, 0.4) is 0 Å². The number of carbonyl (C=O) groups excluding carboxylic acids is 1. The predicted octanol–water partition coefficient (Wildman–Crippen LogP) is 4.46. The van der Waals surface area contributed by atoms with E-state index in [9.17, 15) is 4.79 Å². The van der Waals surface area contributed by atoms with Crippen LogP contribution in [0.25, 0.3) is 0 Å². The third-order valence-corrected chi connectivity index (χ3v) is 3.75. The number of benzene rings is 1. The van der Waals surface area contributed by atoms with Crippen LogP contribution in [0.4, 0.5) is 5.69 Å². The molecule has 0 unspecified atom stereocenters. The van der Waals surface area contributed by atoms with Gasteiger partial charge in [-0.1, -0.05) is 12.1 Å². The molecule has 0 N–H and O–H groups in total. The zero-order valence-electron chi connectivity index (χ0n) is 9.18. The summed E-state index contributed by atoms with van der Waals surface area (Å²) in [5, 5.41) is 0. The smallest absolute Gasteiger partial charge is 0.159 e. The highest BCUT2D eigenvalue weighted by Gasteiger charge is 1.99. The van der Waals surface area contributed by atoms with Crippen LogP contribution in [-0.2, 0) is 0 Å². The van der Waals surface area contributed by atoms with Gasteiger partial charge in [-0.2, -0.15) is 0 Å². The number of ketones is 1. The molecular formula is C13H10BrNOS. The lowest BCUT2D eigenvalue weighted by Crippen LogP contribution is -1.89. The predicted molar refractivity (Wildman–Crippen MR) is 75.7 cm³/mol. The second kappa shape index (κ2) is 5.38. The summed E-state index contributed by atoms with van der Waals surface area (Å²) in [6.07, 6.45) is 1.80. The maximum atomic E-state index is 11.2. The van der Waals surface area contributed by atoms with Crippen molar-refractivity contribution in [2.24, 2.45) is 4.99 Å². The van der Waals surface area contributed by atoms with Gasteiger partial charge in [0.15, 0.2) is 5.78 Å². The largest absolute Gasteiger partial charge is 0.295 e. The third-order valence-electron chi connectivity index (χ3n) is 2.19. The molecule has 0 bridgehead atoms. The number of Topliss-reactive ketones (excluding diaryl/α,β-unsaturated/α-hetero) is 1. The lowest BCUT2D eigenvalue weighted by molar-refractivity contribution is 0.101. The molecule has 2 aromatic rings. The Balaban J connectivity index is 2.21. The monoisotopic (exact) mass is 307 g/mol. The van der Waals surface area contributed by atoms with E-state index in [1.807, 2.05) is 24.3 Å². The molecule has 0 saturated carbocycles. The van der Waals surface area contributed by atoms with Gasteiger partial charge in [0, 0.05) is 16.7 Å². The molecule has 0 atom stereocenters. The van der Waals surface area contributed by atoms with Crippen molar-refractivity contribution in [2.45, 2.75) is 6.92 Å². The zero-order chi connectivity index (χ0) is 12.3. The van der Waals surface area contributed by atoms with Gasteiger partial charge >= 0.3 is 0 Å². The molecule has 1 heterocycles. The first kappa shape index (κ1) is 12.2. The highest BCUT2D eigenvalue weighted by molar-refractivity contribution is 9.11. The zero-order valence-corrected chi connectivity index (χ0v) is 11.6.